The van der Waals surface area contributed by atoms with Gasteiger partial charge in [-0.1, -0.05) is 44.2 Å². The van der Waals surface area contributed by atoms with Crippen LogP contribution in [-0.4, -0.2) is 33.9 Å². The minimum Gasteiger partial charge on any atom is -0.394 e. The molecule has 0 saturated carbocycles. The summed E-state index contributed by atoms with van der Waals surface area (Å²) in [7, 11) is 0. The van der Waals surface area contributed by atoms with Crippen molar-refractivity contribution in [2.24, 2.45) is 5.92 Å². The maximum absolute atomic E-state index is 12.1. The highest BCUT2D eigenvalue weighted by atomic mass is 16.3. The predicted octanol–water partition coefficient (Wildman–Crippen LogP) is 1.85. The maximum atomic E-state index is 12.1. The van der Waals surface area contributed by atoms with Crippen LogP contribution in [0.3, 0.4) is 0 Å². The summed E-state index contributed by atoms with van der Waals surface area (Å²) in [6, 6.07) is 8.77. The first kappa shape index (κ1) is 14.8. The van der Waals surface area contributed by atoms with Crippen LogP contribution in [0.1, 0.15) is 31.9 Å². The number of carbonyl (C=O) groups is 1. The van der Waals surface area contributed by atoms with Gasteiger partial charge in [0, 0.05) is 6.08 Å². The van der Waals surface area contributed by atoms with Gasteiger partial charge in [0.2, 0.25) is 5.91 Å². The van der Waals surface area contributed by atoms with Gasteiger partial charge in [-0.25, -0.2) is 0 Å². The second kappa shape index (κ2) is 6.20. The van der Waals surface area contributed by atoms with Crippen LogP contribution in [0.25, 0.3) is 0 Å². The van der Waals surface area contributed by atoms with Gasteiger partial charge in [0.15, 0.2) is 6.23 Å². The van der Waals surface area contributed by atoms with Crippen molar-refractivity contribution in [3.63, 3.8) is 0 Å². The van der Waals surface area contributed by atoms with E-state index in [1.54, 1.807) is 0 Å². The van der Waals surface area contributed by atoms with E-state index in [1.165, 1.54) is 11.0 Å². The van der Waals surface area contributed by atoms with Gasteiger partial charge in [-0.15, -0.1) is 0 Å². The Morgan fingerprint density at radius 1 is 1.25 bits per heavy atom. The van der Waals surface area contributed by atoms with Crippen molar-refractivity contribution in [1.29, 1.82) is 0 Å². The number of aliphatic hydroxyl groups is 2. The minimum atomic E-state index is -0.942. The number of amides is 1. The summed E-state index contributed by atoms with van der Waals surface area (Å²) in [4.78, 5) is 13.5. The molecule has 0 aromatic heterocycles. The van der Waals surface area contributed by atoms with Crippen molar-refractivity contribution in [2.75, 3.05) is 6.61 Å². The summed E-state index contributed by atoms with van der Waals surface area (Å²) in [6.07, 6.45) is 1.23. The SMILES string of the molecule is CC(C)CC1=CC(=O)N(C(CO)c2ccccc2)C1O. The first-order valence-corrected chi connectivity index (χ1v) is 6.91. The van der Waals surface area contributed by atoms with E-state index in [0.29, 0.717) is 12.3 Å². The van der Waals surface area contributed by atoms with Crippen molar-refractivity contribution in [3.05, 3.63) is 47.5 Å². The highest BCUT2D eigenvalue weighted by molar-refractivity contribution is 5.92. The third-order valence-electron chi connectivity index (χ3n) is 3.50. The number of benzene rings is 1. The van der Waals surface area contributed by atoms with Crippen molar-refractivity contribution in [3.8, 4) is 0 Å². The fourth-order valence-electron chi connectivity index (χ4n) is 2.60. The molecule has 0 bridgehead atoms. The first-order valence-electron chi connectivity index (χ1n) is 6.91. The second-order valence-corrected chi connectivity index (χ2v) is 5.55. The van der Waals surface area contributed by atoms with Crippen LogP contribution in [0.2, 0.25) is 0 Å². The van der Waals surface area contributed by atoms with E-state index in [-0.39, 0.29) is 12.5 Å². The zero-order valence-electron chi connectivity index (χ0n) is 11.9. The lowest BCUT2D eigenvalue weighted by atomic mass is 10.0. The Balaban J connectivity index is 2.22. The molecule has 0 fully saturated rings. The molecule has 1 aromatic rings. The van der Waals surface area contributed by atoms with Crippen molar-refractivity contribution in [2.45, 2.75) is 32.5 Å². The summed E-state index contributed by atoms with van der Waals surface area (Å²) >= 11 is 0. The molecule has 108 valence electrons. The molecule has 0 aliphatic carbocycles. The van der Waals surface area contributed by atoms with E-state index in [4.69, 9.17) is 0 Å². The fraction of sp³-hybridized carbons (Fsp3) is 0.438. The van der Waals surface area contributed by atoms with Crippen LogP contribution in [0.15, 0.2) is 42.0 Å². The molecule has 1 aliphatic heterocycles. The van der Waals surface area contributed by atoms with Crippen LogP contribution in [0, 0.1) is 5.92 Å². The number of aliphatic hydroxyl groups excluding tert-OH is 2. The normalized spacial score (nSPS) is 20.4. The lowest BCUT2D eigenvalue weighted by Gasteiger charge is -2.31. The number of hydrogen-bond acceptors (Lipinski definition) is 3. The van der Waals surface area contributed by atoms with Crippen molar-refractivity contribution < 1.29 is 15.0 Å². The van der Waals surface area contributed by atoms with Crippen molar-refractivity contribution >= 4 is 5.91 Å². The number of nitrogens with zero attached hydrogens (tertiary/aromatic N) is 1. The van der Waals surface area contributed by atoms with Gasteiger partial charge >= 0.3 is 0 Å². The number of carbonyl (C=O) groups excluding carboxylic acids is 1. The van der Waals surface area contributed by atoms with Crippen LogP contribution in [0.5, 0.6) is 0 Å². The van der Waals surface area contributed by atoms with Gasteiger partial charge in [0.05, 0.1) is 12.6 Å². The molecule has 20 heavy (non-hydrogen) atoms. The van der Waals surface area contributed by atoms with Gasteiger partial charge < -0.3 is 15.1 Å². The monoisotopic (exact) mass is 275 g/mol. The molecule has 2 N–H and O–H groups in total. The first-order chi connectivity index (χ1) is 9.54. The lowest BCUT2D eigenvalue weighted by Crippen LogP contribution is -2.40. The minimum absolute atomic E-state index is 0.213. The maximum Gasteiger partial charge on any atom is 0.249 e. The molecule has 2 unspecified atom stereocenters. The van der Waals surface area contributed by atoms with Gasteiger partial charge in [-0.2, -0.15) is 0 Å². The predicted molar refractivity (Wildman–Crippen MR) is 76.7 cm³/mol. The summed E-state index contributed by atoms with van der Waals surface area (Å²) in [5, 5.41) is 20.0. The second-order valence-electron chi connectivity index (χ2n) is 5.55. The number of rotatable bonds is 5. The third-order valence-corrected chi connectivity index (χ3v) is 3.50. The van der Waals surface area contributed by atoms with Crippen LogP contribution in [0.4, 0.5) is 0 Å². The van der Waals surface area contributed by atoms with Crippen molar-refractivity contribution in [1.82, 2.24) is 4.90 Å². The van der Waals surface area contributed by atoms with E-state index in [1.807, 2.05) is 44.2 Å². The van der Waals surface area contributed by atoms with E-state index in [0.717, 1.165) is 11.1 Å². The Morgan fingerprint density at radius 2 is 1.90 bits per heavy atom. The average molecular weight is 275 g/mol. The Hall–Kier alpha value is -1.65. The molecule has 0 radical (unpaired) electrons. The van der Waals surface area contributed by atoms with E-state index in [9.17, 15) is 15.0 Å². The van der Waals surface area contributed by atoms with E-state index < -0.39 is 12.3 Å². The van der Waals surface area contributed by atoms with Crippen LogP contribution < -0.4 is 0 Å². The molecule has 1 heterocycles. The molecule has 2 atom stereocenters. The Bertz CT molecular complexity index is 496. The zero-order valence-corrected chi connectivity index (χ0v) is 11.9. The average Bonchev–Trinajstić information content (AvgIpc) is 2.68. The summed E-state index contributed by atoms with van der Waals surface area (Å²) in [5.41, 5.74) is 1.54. The molecule has 1 aromatic carbocycles. The fourth-order valence-corrected chi connectivity index (χ4v) is 2.60. The molecule has 0 saturated heterocycles. The summed E-state index contributed by atoms with van der Waals surface area (Å²) < 4.78 is 0. The van der Waals surface area contributed by atoms with Gasteiger partial charge in [-0.05, 0) is 23.5 Å². The Morgan fingerprint density at radius 3 is 2.45 bits per heavy atom. The van der Waals surface area contributed by atoms with Crippen LogP contribution >= 0.6 is 0 Å². The van der Waals surface area contributed by atoms with Gasteiger partial charge in [0.1, 0.15) is 0 Å². The topological polar surface area (TPSA) is 60.8 Å². The van der Waals surface area contributed by atoms with E-state index >= 15 is 0 Å². The zero-order chi connectivity index (χ0) is 14.7. The van der Waals surface area contributed by atoms with Gasteiger partial charge in [0.25, 0.3) is 0 Å². The highest BCUT2D eigenvalue weighted by Crippen LogP contribution is 2.31. The molecule has 4 heteroatoms. The smallest absolute Gasteiger partial charge is 0.249 e. The van der Waals surface area contributed by atoms with E-state index in [2.05, 4.69) is 0 Å². The summed E-state index contributed by atoms with van der Waals surface area (Å²) in [6.45, 7) is 3.87. The highest BCUT2D eigenvalue weighted by Gasteiger charge is 2.36. The Labute approximate surface area is 119 Å². The standard InChI is InChI=1S/C16H21NO3/c1-11(2)8-13-9-15(19)17(16(13)20)14(10-18)12-6-4-3-5-7-12/h3-7,9,11,14,16,18,20H,8,10H2,1-2H3. The van der Waals surface area contributed by atoms with Crippen LogP contribution in [-0.2, 0) is 4.79 Å². The largest absolute Gasteiger partial charge is 0.394 e. The molecule has 1 aliphatic rings. The quantitative estimate of drug-likeness (QED) is 0.862. The molecule has 0 spiro atoms. The number of hydrogen-bond donors (Lipinski definition) is 2. The third kappa shape index (κ3) is 2.92. The molecular weight excluding hydrogens is 254 g/mol. The molecular formula is C16H21NO3. The molecule has 4 nitrogen and oxygen atoms in total. The molecule has 1 amide bonds. The Kier molecular flexibility index (Phi) is 4.57. The molecule has 2 rings (SSSR count). The lowest BCUT2D eigenvalue weighted by molar-refractivity contribution is -0.136. The summed E-state index contributed by atoms with van der Waals surface area (Å²) in [5.74, 6) is 0.129. The van der Waals surface area contributed by atoms with Gasteiger partial charge in [-0.3, -0.25) is 4.79 Å².